The molecule has 78 valence electrons. The molecule has 0 bridgehead atoms. The molecule has 6 heteroatoms. The van der Waals surface area contributed by atoms with Crippen molar-refractivity contribution in [3.8, 4) is 11.6 Å². The van der Waals surface area contributed by atoms with Gasteiger partial charge in [-0.2, -0.15) is 0 Å². The molecular weight excluding hydrogens is 209 g/mol. The zero-order chi connectivity index (χ0) is 11.7. The number of pyridine rings is 1. The Labute approximate surface area is 84.0 Å². The summed E-state index contributed by atoms with van der Waals surface area (Å²) in [5.41, 5.74) is -0.650. The SMILES string of the molecule is [2H]c1oc(-c2ccc(F)cn2)nc1C(F)F. The van der Waals surface area contributed by atoms with Crippen molar-refractivity contribution < 1.29 is 19.0 Å². The van der Waals surface area contributed by atoms with E-state index in [0.29, 0.717) is 0 Å². The topological polar surface area (TPSA) is 38.9 Å². The minimum atomic E-state index is -2.88. The lowest BCUT2D eigenvalue weighted by Gasteiger charge is -1.92. The van der Waals surface area contributed by atoms with Crippen LogP contribution >= 0.6 is 0 Å². The van der Waals surface area contributed by atoms with Crippen LogP contribution in [0.1, 0.15) is 13.5 Å². The third-order valence-electron chi connectivity index (χ3n) is 1.63. The highest BCUT2D eigenvalue weighted by Gasteiger charge is 2.14. The lowest BCUT2D eigenvalue weighted by atomic mass is 10.3. The van der Waals surface area contributed by atoms with E-state index in [1.54, 1.807) is 0 Å². The summed E-state index contributed by atoms with van der Waals surface area (Å²) in [4.78, 5) is 7.02. The predicted molar refractivity (Wildman–Crippen MR) is 44.6 cm³/mol. The quantitative estimate of drug-likeness (QED) is 0.773. The Morgan fingerprint density at radius 1 is 1.40 bits per heavy atom. The van der Waals surface area contributed by atoms with Crippen molar-refractivity contribution in [3.05, 3.63) is 36.1 Å². The molecule has 15 heavy (non-hydrogen) atoms. The fraction of sp³-hybridized carbons (Fsp3) is 0.111. The van der Waals surface area contributed by atoms with Crippen LogP contribution in [-0.4, -0.2) is 9.97 Å². The van der Waals surface area contributed by atoms with Crippen LogP contribution in [0.4, 0.5) is 13.2 Å². The van der Waals surface area contributed by atoms with E-state index in [1.165, 1.54) is 6.07 Å². The van der Waals surface area contributed by atoms with Gasteiger partial charge in [-0.1, -0.05) is 0 Å². The summed E-state index contributed by atoms with van der Waals surface area (Å²) in [7, 11) is 0. The fourth-order valence-corrected chi connectivity index (χ4v) is 0.961. The molecule has 0 saturated carbocycles. The van der Waals surface area contributed by atoms with E-state index < -0.39 is 24.2 Å². The monoisotopic (exact) mass is 215 g/mol. The molecular formula is C9H5F3N2O. The summed E-state index contributed by atoms with van der Waals surface area (Å²) in [6.45, 7) is 0. The molecule has 0 unspecified atom stereocenters. The van der Waals surface area contributed by atoms with E-state index in [9.17, 15) is 13.2 Å². The number of hydrogen-bond acceptors (Lipinski definition) is 3. The highest BCUT2D eigenvalue weighted by Crippen LogP contribution is 2.22. The summed E-state index contributed by atoms with van der Waals surface area (Å²) in [6, 6.07) is 2.33. The number of rotatable bonds is 2. The van der Waals surface area contributed by atoms with Gasteiger partial charge in [-0.05, 0) is 12.1 Å². The summed E-state index contributed by atoms with van der Waals surface area (Å²) >= 11 is 0. The van der Waals surface area contributed by atoms with Gasteiger partial charge in [-0.25, -0.2) is 23.1 Å². The third kappa shape index (κ3) is 1.98. The van der Waals surface area contributed by atoms with Crippen LogP contribution in [0.15, 0.2) is 29.0 Å². The second kappa shape index (κ2) is 3.72. The van der Waals surface area contributed by atoms with E-state index in [-0.39, 0.29) is 11.6 Å². The highest BCUT2D eigenvalue weighted by molar-refractivity contribution is 5.46. The van der Waals surface area contributed by atoms with Crippen molar-refractivity contribution in [1.82, 2.24) is 9.97 Å². The Hall–Kier alpha value is -1.85. The molecule has 0 spiro atoms. The van der Waals surface area contributed by atoms with Crippen molar-refractivity contribution in [2.24, 2.45) is 0 Å². The first-order valence-corrected chi connectivity index (χ1v) is 3.95. The Morgan fingerprint density at radius 3 is 2.73 bits per heavy atom. The number of hydrogen-bond donors (Lipinski definition) is 0. The summed E-state index contributed by atoms with van der Waals surface area (Å²) in [6.07, 6.45) is -2.69. The number of alkyl halides is 2. The standard InChI is InChI=1S/C9H5F3N2O/c10-5-1-2-6(13-3-5)9-14-7(4-15-9)8(11)12/h1-4,8H/i4D. The first-order valence-electron chi connectivity index (χ1n) is 4.45. The zero-order valence-corrected chi connectivity index (χ0v) is 7.25. The van der Waals surface area contributed by atoms with Gasteiger partial charge in [-0.15, -0.1) is 0 Å². The molecule has 0 radical (unpaired) electrons. The molecule has 2 aromatic heterocycles. The van der Waals surface area contributed by atoms with Gasteiger partial charge in [0.15, 0.2) is 0 Å². The lowest BCUT2D eigenvalue weighted by molar-refractivity contribution is 0.146. The summed E-state index contributed by atoms with van der Waals surface area (Å²) in [5.74, 6) is -0.782. The molecule has 0 N–H and O–H groups in total. The number of oxazole rings is 1. The van der Waals surface area contributed by atoms with E-state index in [1.807, 2.05) is 0 Å². The molecule has 0 atom stereocenters. The summed E-state index contributed by atoms with van der Waals surface area (Å²) in [5, 5.41) is 0. The second-order valence-corrected chi connectivity index (χ2v) is 2.67. The van der Waals surface area contributed by atoms with Crippen molar-refractivity contribution in [1.29, 1.82) is 0 Å². The van der Waals surface area contributed by atoms with Gasteiger partial charge in [0.1, 0.15) is 24.8 Å². The minimum Gasteiger partial charge on any atom is -0.443 e. The van der Waals surface area contributed by atoms with Gasteiger partial charge in [0.05, 0.1) is 6.20 Å². The first kappa shape index (κ1) is 8.46. The largest absolute Gasteiger partial charge is 0.443 e. The minimum absolute atomic E-state index is 0.0989. The average Bonchev–Trinajstić information content (AvgIpc) is 2.61. The number of aromatic nitrogens is 2. The van der Waals surface area contributed by atoms with Crippen LogP contribution < -0.4 is 0 Å². The summed E-state index contributed by atoms with van der Waals surface area (Å²) < 4.78 is 48.9. The van der Waals surface area contributed by atoms with Gasteiger partial charge >= 0.3 is 0 Å². The van der Waals surface area contributed by atoms with Gasteiger partial charge in [0.2, 0.25) is 5.89 Å². The second-order valence-electron chi connectivity index (χ2n) is 2.67. The first-order chi connectivity index (χ1) is 7.58. The molecule has 0 aromatic carbocycles. The number of halogens is 3. The predicted octanol–water partition coefficient (Wildman–Crippen LogP) is 2.81. The van der Waals surface area contributed by atoms with Gasteiger partial charge < -0.3 is 4.42 Å². The Balaban J connectivity index is 2.41. The lowest BCUT2D eigenvalue weighted by Crippen LogP contribution is -1.87. The number of nitrogens with zero attached hydrogens (tertiary/aromatic N) is 2. The normalized spacial score (nSPS) is 11.9. The molecule has 0 aliphatic rings. The van der Waals surface area contributed by atoms with Crippen LogP contribution in [0.2, 0.25) is 0 Å². The van der Waals surface area contributed by atoms with Crippen molar-refractivity contribution >= 4 is 0 Å². The van der Waals surface area contributed by atoms with Crippen LogP contribution in [-0.2, 0) is 0 Å². The van der Waals surface area contributed by atoms with Crippen molar-refractivity contribution in [3.63, 3.8) is 0 Å². The zero-order valence-electron chi connectivity index (χ0n) is 8.25. The molecule has 0 aliphatic heterocycles. The third-order valence-corrected chi connectivity index (χ3v) is 1.63. The molecule has 2 aromatic rings. The van der Waals surface area contributed by atoms with E-state index in [0.717, 1.165) is 12.3 Å². The molecule has 0 saturated heterocycles. The average molecular weight is 215 g/mol. The maximum absolute atomic E-state index is 12.5. The van der Waals surface area contributed by atoms with E-state index in [4.69, 9.17) is 5.79 Å². The van der Waals surface area contributed by atoms with Gasteiger partial charge in [-0.3, -0.25) is 0 Å². The molecule has 2 rings (SSSR count). The fourth-order valence-electron chi connectivity index (χ4n) is 0.961. The smallest absolute Gasteiger partial charge is 0.283 e. The Kier molecular flexibility index (Phi) is 2.10. The van der Waals surface area contributed by atoms with E-state index in [2.05, 4.69) is 9.97 Å². The highest BCUT2D eigenvalue weighted by atomic mass is 19.3. The Bertz CT molecular complexity index is 498. The van der Waals surface area contributed by atoms with Crippen molar-refractivity contribution in [2.45, 2.75) is 6.43 Å². The van der Waals surface area contributed by atoms with Gasteiger partial charge in [0, 0.05) is 0 Å². The van der Waals surface area contributed by atoms with Gasteiger partial charge in [0.25, 0.3) is 6.43 Å². The van der Waals surface area contributed by atoms with E-state index >= 15 is 0 Å². The molecule has 0 aliphatic carbocycles. The maximum atomic E-state index is 12.5. The molecule has 2 heterocycles. The molecule has 0 amide bonds. The van der Waals surface area contributed by atoms with Crippen LogP contribution in [0.25, 0.3) is 11.6 Å². The van der Waals surface area contributed by atoms with Crippen molar-refractivity contribution in [2.75, 3.05) is 0 Å². The molecule has 3 nitrogen and oxygen atoms in total. The van der Waals surface area contributed by atoms with Crippen LogP contribution in [0, 0.1) is 5.82 Å². The Morgan fingerprint density at radius 2 is 2.20 bits per heavy atom. The van der Waals surface area contributed by atoms with Crippen LogP contribution in [0.5, 0.6) is 0 Å². The van der Waals surface area contributed by atoms with Crippen LogP contribution in [0.3, 0.4) is 0 Å². The maximum Gasteiger partial charge on any atom is 0.283 e. The molecule has 0 fully saturated rings.